The van der Waals surface area contributed by atoms with Crippen molar-refractivity contribution in [1.82, 2.24) is 9.80 Å². The van der Waals surface area contributed by atoms with E-state index in [0.717, 1.165) is 31.4 Å². The third-order valence-electron chi connectivity index (χ3n) is 3.85. The molecule has 1 saturated heterocycles. The van der Waals surface area contributed by atoms with E-state index in [1.165, 1.54) is 0 Å². The highest BCUT2D eigenvalue weighted by molar-refractivity contribution is 6.14. The molecular formula is C16H20N2O6. The van der Waals surface area contributed by atoms with Crippen molar-refractivity contribution in [2.24, 2.45) is 0 Å². The van der Waals surface area contributed by atoms with Crippen LogP contribution in [0.4, 0.5) is 0 Å². The molecular weight excluding hydrogens is 316 g/mol. The molecule has 130 valence electrons. The molecule has 0 bridgehead atoms. The number of imide groups is 2. The van der Waals surface area contributed by atoms with E-state index in [1.54, 1.807) is 0 Å². The topological polar surface area (TPSA) is 101 Å². The molecule has 0 aliphatic carbocycles. The molecule has 4 amide bonds. The Kier molecular flexibility index (Phi) is 5.83. The number of ether oxygens (including phenoxy) is 1. The van der Waals surface area contributed by atoms with E-state index in [9.17, 15) is 24.0 Å². The summed E-state index contributed by atoms with van der Waals surface area (Å²) < 4.78 is 5.17. The molecule has 0 spiro atoms. The zero-order valence-corrected chi connectivity index (χ0v) is 13.5. The zero-order chi connectivity index (χ0) is 17.7. The first-order valence-electron chi connectivity index (χ1n) is 8.05. The van der Waals surface area contributed by atoms with Crippen molar-refractivity contribution < 1.29 is 28.7 Å². The SMILES string of the molecule is CCCCCCC(=O)OC(N1C(=O)C=CC1=O)N1C(=O)CCC1=O. The molecule has 2 rings (SSSR count). The summed E-state index contributed by atoms with van der Waals surface area (Å²) in [4.78, 5) is 60.9. The van der Waals surface area contributed by atoms with Crippen LogP contribution in [0.25, 0.3) is 0 Å². The van der Waals surface area contributed by atoms with Gasteiger partial charge in [-0.1, -0.05) is 26.2 Å². The Morgan fingerprint density at radius 2 is 1.58 bits per heavy atom. The Balaban J connectivity index is 2.10. The molecule has 0 N–H and O–H groups in total. The predicted octanol–water partition coefficient (Wildman–Crippen LogP) is 0.858. The second kappa shape index (κ2) is 7.85. The molecule has 2 heterocycles. The molecule has 24 heavy (non-hydrogen) atoms. The number of likely N-dealkylation sites (tertiary alicyclic amines) is 1. The van der Waals surface area contributed by atoms with Crippen molar-refractivity contribution in [3.05, 3.63) is 12.2 Å². The van der Waals surface area contributed by atoms with Gasteiger partial charge in [0.1, 0.15) is 0 Å². The minimum absolute atomic E-state index is 0.0347. The summed E-state index contributed by atoms with van der Waals surface area (Å²) in [6, 6.07) is 0. The maximum absolute atomic E-state index is 12.0. The summed E-state index contributed by atoms with van der Waals surface area (Å²) in [5.74, 6) is -3.25. The maximum atomic E-state index is 12.0. The van der Waals surface area contributed by atoms with Gasteiger partial charge in [0.2, 0.25) is 11.8 Å². The molecule has 1 unspecified atom stereocenters. The molecule has 8 heteroatoms. The Labute approximate surface area is 139 Å². The molecule has 1 atom stereocenters. The number of carbonyl (C=O) groups is 5. The van der Waals surface area contributed by atoms with Gasteiger partial charge in [-0.15, -0.1) is 0 Å². The molecule has 0 saturated carbocycles. The third-order valence-corrected chi connectivity index (χ3v) is 3.85. The Morgan fingerprint density at radius 1 is 1.00 bits per heavy atom. The van der Waals surface area contributed by atoms with Crippen LogP contribution in [0.15, 0.2) is 12.2 Å². The first-order valence-corrected chi connectivity index (χ1v) is 8.05. The number of rotatable bonds is 8. The lowest BCUT2D eigenvalue weighted by molar-refractivity contribution is -0.189. The second-order valence-electron chi connectivity index (χ2n) is 5.66. The maximum Gasteiger partial charge on any atom is 0.309 e. The smallest absolute Gasteiger partial charge is 0.309 e. The summed E-state index contributed by atoms with van der Waals surface area (Å²) in [6.45, 7) is 2.04. The van der Waals surface area contributed by atoms with Crippen LogP contribution in [0.3, 0.4) is 0 Å². The fourth-order valence-corrected chi connectivity index (χ4v) is 2.56. The van der Waals surface area contributed by atoms with Gasteiger partial charge in [-0.2, -0.15) is 0 Å². The molecule has 0 radical (unpaired) electrons. The number of hydrogen-bond acceptors (Lipinski definition) is 6. The van der Waals surface area contributed by atoms with E-state index in [2.05, 4.69) is 0 Å². The van der Waals surface area contributed by atoms with Crippen molar-refractivity contribution in [2.45, 2.75) is 58.2 Å². The number of esters is 1. The lowest BCUT2D eigenvalue weighted by Gasteiger charge is -2.31. The summed E-state index contributed by atoms with van der Waals surface area (Å²) in [6.07, 6.45) is 3.84. The van der Waals surface area contributed by atoms with Crippen LogP contribution in [0.1, 0.15) is 51.9 Å². The highest BCUT2D eigenvalue weighted by atomic mass is 16.6. The van der Waals surface area contributed by atoms with Crippen molar-refractivity contribution in [3.8, 4) is 0 Å². The number of unbranched alkanes of at least 4 members (excludes halogenated alkanes) is 3. The number of nitrogens with zero attached hydrogens (tertiary/aromatic N) is 2. The number of hydrogen-bond donors (Lipinski definition) is 0. The quantitative estimate of drug-likeness (QED) is 0.370. The predicted molar refractivity (Wildman–Crippen MR) is 80.7 cm³/mol. The van der Waals surface area contributed by atoms with Crippen molar-refractivity contribution in [1.29, 1.82) is 0 Å². The van der Waals surface area contributed by atoms with Crippen LogP contribution in [0.2, 0.25) is 0 Å². The van der Waals surface area contributed by atoms with Gasteiger partial charge in [0.25, 0.3) is 18.2 Å². The number of amides is 4. The van der Waals surface area contributed by atoms with Gasteiger partial charge in [0.05, 0.1) is 0 Å². The van der Waals surface area contributed by atoms with E-state index >= 15 is 0 Å². The fraction of sp³-hybridized carbons (Fsp3) is 0.562. The average Bonchev–Trinajstić information content (AvgIpc) is 3.04. The Bertz CT molecular complexity index is 561. The molecule has 8 nitrogen and oxygen atoms in total. The average molecular weight is 336 g/mol. The summed E-state index contributed by atoms with van der Waals surface area (Å²) in [5, 5.41) is 0. The monoisotopic (exact) mass is 336 g/mol. The van der Waals surface area contributed by atoms with Gasteiger partial charge in [-0.25, -0.2) is 9.80 Å². The molecule has 0 aromatic carbocycles. The lowest BCUT2D eigenvalue weighted by Crippen LogP contribution is -2.55. The minimum atomic E-state index is -1.64. The van der Waals surface area contributed by atoms with Crippen LogP contribution in [0.5, 0.6) is 0 Å². The normalized spacial score (nSPS) is 18.7. The van der Waals surface area contributed by atoms with Crippen LogP contribution in [0, 0.1) is 0 Å². The van der Waals surface area contributed by atoms with E-state index in [-0.39, 0.29) is 19.3 Å². The van der Waals surface area contributed by atoms with Crippen molar-refractivity contribution in [2.75, 3.05) is 0 Å². The second-order valence-corrected chi connectivity index (χ2v) is 5.66. The molecule has 1 fully saturated rings. The fourth-order valence-electron chi connectivity index (χ4n) is 2.56. The van der Waals surface area contributed by atoms with Gasteiger partial charge in [0.15, 0.2) is 0 Å². The number of carbonyl (C=O) groups excluding carboxylic acids is 5. The first kappa shape index (κ1) is 17.8. The lowest BCUT2D eigenvalue weighted by atomic mass is 10.2. The summed E-state index contributed by atoms with van der Waals surface area (Å²) in [5.41, 5.74) is 0. The van der Waals surface area contributed by atoms with Gasteiger partial charge in [0, 0.05) is 31.4 Å². The van der Waals surface area contributed by atoms with E-state index < -0.39 is 35.9 Å². The van der Waals surface area contributed by atoms with Crippen LogP contribution in [-0.2, 0) is 28.7 Å². The van der Waals surface area contributed by atoms with Gasteiger partial charge < -0.3 is 4.74 Å². The van der Waals surface area contributed by atoms with Gasteiger partial charge in [-0.05, 0) is 6.42 Å². The van der Waals surface area contributed by atoms with Crippen LogP contribution >= 0.6 is 0 Å². The first-order chi connectivity index (χ1) is 11.5. The van der Waals surface area contributed by atoms with Crippen LogP contribution < -0.4 is 0 Å². The van der Waals surface area contributed by atoms with Crippen molar-refractivity contribution in [3.63, 3.8) is 0 Å². The zero-order valence-electron chi connectivity index (χ0n) is 13.5. The molecule has 0 aromatic heterocycles. The van der Waals surface area contributed by atoms with E-state index in [4.69, 9.17) is 4.74 Å². The van der Waals surface area contributed by atoms with E-state index in [0.29, 0.717) is 16.2 Å². The highest BCUT2D eigenvalue weighted by Crippen LogP contribution is 2.22. The van der Waals surface area contributed by atoms with Gasteiger partial charge >= 0.3 is 5.97 Å². The van der Waals surface area contributed by atoms with Gasteiger partial charge in [-0.3, -0.25) is 24.0 Å². The summed E-state index contributed by atoms with van der Waals surface area (Å²) >= 11 is 0. The highest BCUT2D eigenvalue weighted by Gasteiger charge is 2.45. The van der Waals surface area contributed by atoms with Crippen molar-refractivity contribution >= 4 is 29.6 Å². The summed E-state index contributed by atoms with van der Waals surface area (Å²) in [7, 11) is 0. The molecule has 2 aliphatic rings. The molecule has 2 aliphatic heterocycles. The van der Waals surface area contributed by atoms with Crippen LogP contribution in [-0.4, -0.2) is 45.7 Å². The third kappa shape index (κ3) is 3.87. The Morgan fingerprint density at radius 3 is 2.12 bits per heavy atom. The largest absolute Gasteiger partial charge is 0.421 e. The molecule has 0 aromatic rings. The Hall–Kier alpha value is -2.51. The van der Waals surface area contributed by atoms with E-state index in [1.807, 2.05) is 6.92 Å². The standard InChI is InChI=1S/C16H20N2O6/c1-2-3-4-5-6-15(23)24-16(17-11(19)7-8-12(17)20)18-13(21)9-10-14(18)22/h7-8,16H,2-6,9-10H2,1H3. The minimum Gasteiger partial charge on any atom is -0.421 e.